The van der Waals surface area contributed by atoms with Crippen molar-refractivity contribution < 1.29 is 4.74 Å². The Balaban J connectivity index is 3.64. The van der Waals surface area contributed by atoms with E-state index in [-0.39, 0.29) is 5.60 Å². The van der Waals surface area contributed by atoms with E-state index in [0.717, 1.165) is 12.3 Å². The van der Waals surface area contributed by atoms with Crippen molar-refractivity contribution in [2.24, 2.45) is 5.92 Å². The molecule has 1 atom stereocenters. The van der Waals surface area contributed by atoms with E-state index in [1.807, 2.05) is 0 Å². The number of hydrogen-bond donors (Lipinski definition) is 0. The van der Waals surface area contributed by atoms with Crippen molar-refractivity contribution in [3.63, 3.8) is 0 Å². The maximum atomic E-state index is 5.35. The molecule has 0 aliphatic rings. The highest BCUT2D eigenvalue weighted by atomic mass is 16.5. The molecule has 0 saturated heterocycles. The topological polar surface area (TPSA) is 9.23 Å². The molecule has 1 heteroatoms. The van der Waals surface area contributed by atoms with Gasteiger partial charge in [0.15, 0.2) is 0 Å². The largest absolute Gasteiger partial charge is 0.379 e. The fraction of sp³-hybridized carbons (Fsp3) is 1.00. The fourth-order valence-electron chi connectivity index (χ4n) is 1.52. The zero-order chi connectivity index (χ0) is 8.91. The van der Waals surface area contributed by atoms with Crippen molar-refractivity contribution in [2.45, 2.75) is 52.6 Å². The summed E-state index contributed by atoms with van der Waals surface area (Å²) in [5, 5.41) is 0. The third kappa shape index (κ3) is 5.25. The Hall–Kier alpha value is -0.0400. The Kier molecular flexibility index (Phi) is 4.74. The van der Waals surface area contributed by atoms with E-state index in [0.29, 0.717) is 0 Å². The summed E-state index contributed by atoms with van der Waals surface area (Å²) in [4.78, 5) is 0. The van der Waals surface area contributed by atoms with Crippen LogP contribution in [0.2, 0.25) is 0 Å². The highest BCUT2D eigenvalue weighted by Gasteiger charge is 2.19. The van der Waals surface area contributed by atoms with Gasteiger partial charge in [0.25, 0.3) is 0 Å². The van der Waals surface area contributed by atoms with Crippen LogP contribution >= 0.6 is 0 Å². The van der Waals surface area contributed by atoms with Crippen molar-refractivity contribution in [1.82, 2.24) is 0 Å². The average Bonchev–Trinajstić information content (AvgIpc) is 1.87. The minimum absolute atomic E-state index is 0.0641. The molecule has 0 heterocycles. The number of ether oxygens (including phenoxy) is 1. The molecule has 1 unspecified atom stereocenters. The summed E-state index contributed by atoms with van der Waals surface area (Å²) in [6.45, 7) is 8.83. The van der Waals surface area contributed by atoms with Crippen molar-refractivity contribution in [2.75, 3.05) is 7.11 Å². The van der Waals surface area contributed by atoms with Gasteiger partial charge in [-0.15, -0.1) is 0 Å². The van der Waals surface area contributed by atoms with Gasteiger partial charge in [-0.05, 0) is 26.2 Å². The van der Waals surface area contributed by atoms with Crippen LogP contribution < -0.4 is 0 Å². The van der Waals surface area contributed by atoms with Crippen LogP contribution in [0.15, 0.2) is 0 Å². The predicted molar refractivity (Wildman–Crippen MR) is 49.8 cm³/mol. The molecule has 0 aromatic heterocycles. The molecule has 0 saturated carbocycles. The second-order valence-electron chi connectivity index (χ2n) is 4.06. The standard InChI is InChI=1S/C10H22O/c1-6-7-9(2)8-10(3,4)11-5/h9H,6-8H2,1-5H3. The average molecular weight is 158 g/mol. The SMILES string of the molecule is CCCC(C)CC(C)(C)OC. The molecular formula is C10H22O. The molecule has 0 aliphatic heterocycles. The summed E-state index contributed by atoms with van der Waals surface area (Å²) in [7, 11) is 1.79. The molecule has 0 rings (SSSR count). The third-order valence-electron chi connectivity index (χ3n) is 2.17. The molecule has 1 nitrogen and oxygen atoms in total. The summed E-state index contributed by atoms with van der Waals surface area (Å²) < 4.78 is 5.35. The first kappa shape index (κ1) is 11.0. The van der Waals surface area contributed by atoms with Gasteiger partial charge < -0.3 is 4.74 Å². The van der Waals surface area contributed by atoms with Crippen LogP contribution in [0.5, 0.6) is 0 Å². The van der Waals surface area contributed by atoms with Gasteiger partial charge in [-0.3, -0.25) is 0 Å². The molecule has 0 fully saturated rings. The monoisotopic (exact) mass is 158 g/mol. The lowest BCUT2D eigenvalue weighted by molar-refractivity contribution is 0.00298. The summed E-state index contributed by atoms with van der Waals surface area (Å²) >= 11 is 0. The molecule has 0 aliphatic carbocycles. The van der Waals surface area contributed by atoms with E-state index in [1.165, 1.54) is 12.8 Å². The van der Waals surface area contributed by atoms with Crippen LogP contribution in [0.25, 0.3) is 0 Å². The third-order valence-corrected chi connectivity index (χ3v) is 2.17. The maximum absolute atomic E-state index is 5.35. The molecular weight excluding hydrogens is 136 g/mol. The lowest BCUT2D eigenvalue weighted by Crippen LogP contribution is -2.25. The molecule has 11 heavy (non-hydrogen) atoms. The zero-order valence-corrected chi connectivity index (χ0v) is 8.61. The summed E-state index contributed by atoms with van der Waals surface area (Å²) in [5.74, 6) is 0.787. The summed E-state index contributed by atoms with van der Waals surface area (Å²) in [5.41, 5.74) is 0.0641. The molecule has 0 N–H and O–H groups in total. The van der Waals surface area contributed by atoms with Crippen molar-refractivity contribution in [3.8, 4) is 0 Å². The first-order chi connectivity index (χ1) is 5.02. The second-order valence-corrected chi connectivity index (χ2v) is 4.06. The normalized spacial score (nSPS) is 15.0. The smallest absolute Gasteiger partial charge is 0.0625 e. The Morgan fingerprint density at radius 3 is 2.27 bits per heavy atom. The lowest BCUT2D eigenvalue weighted by Gasteiger charge is -2.26. The maximum Gasteiger partial charge on any atom is 0.0625 e. The number of rotatable bonds is 5. The lowest BCUT2D eigenvalue weighted by atomic mass is 9.92. The molecule has 0 bridgehead atoms. The van der Waals surface area contributed by atoms with E-state index in [2.05, 4.69) is 27.7 Å². The van der Waals surface area contributed by atoms with Gasteiger partial charge in [-0.25, -0.2) is 0 Å². The molecule has 68 valence electrons. The van der Waals surface area contributed by atoms with Crippen molar-refractivity contribution >= 4 is 0 Å². The molecule has 0 aromatic carbocycles. The van der Waals surface area contributed by atoms with E-state index >= 15 is 0 Å². The highest BCUT2D eigenvalue weighted by molar-refractivity contribution is 4.70. The zero-order valence-electron chi connectivity index (χ0n) is 8.61. The van der Waals surface area contributed by atoms with E-state index in [9.17, 15) is 0 Å². The van der Waals surface area contributed by atoms with Crippen molar-refractivity contribution in [1.29, 1.82) is 0 Å². The first-order valence-corrected chi connectivity index (χ1v) is 4.57. The Morgan fingerprint density at radius 1 is 1.36 bits per heavy atom. The summed E-state index contributed by atoms with van der Waals surface area (Å²) in [6.07, 6.45) is 3.76. The first-order valence-electron chi connectivity index (χ1n) is 4.57. The van der Waals surface area contributed by atoms with Gasteiger partial charge in [0.1, 0.15) is 0 Å². The van der Waals surface area contributed by atoms with Crippen LogP contribution in [0.3, 0.4) is 0 Å². The molecule has 0 amide bonds. The van der Waals surface area contributed by atoms with Crippen LogP contribution in [0.4, 0.5) is 0 Å². The predicted octanol–water partition coefficient (Wildman–Crippen LogP) is 3.24. The highest BCUT2D eigenvalue weighted by Crippen LogP contribution is 2.22. The van der Waals surface area contributed by atoms with Crippen molar-refractivity contribution in [3.05, 3.63) is 0 Å². The van der Waals surface area contributed by atoms with Gasteiger partial charge in [0.2, 0.25) is 0 Å². The van der Waals surface area contributed by atoms with Gasteiger partial charge in [0, 0.05) is 7.11 Å². The second kappa shape index (κ2) is 4.76. The Bertz CT molecular complexity index is 97.0. The Labute approximate surface area is 71.1 Å². The van der Waals surface area contributed by atoms with Crippen LogP contribution in [0.1, 0.15) is 47.0 Å². The Morgan fingerprint density at radius 2 is 1.91 bits per heavy atom. The fourth-order valence-corrected chi connectivity index (χ4v) is 1.52. The van der Waals surface area contributed by atoms with Crippen LogP contribution in [-0.2, 0) is 4.74 Å². The number of methoxy groups -OCH3 is 1. The molecule has 0 aromatic rings. The van der Waals surface area contributed by atoms with E-state index in [1.54, 1.807) is 7.11 Å². The van der Waals surface area contributed by atoms with Crippen LogP contribution in [-0.4, -0.2) is 12.7 Å². The molecule has 0 radical (unpaired) electrons. The minimum atomic E-state index is 0.0641. The summed E-state index contributed by atoms with van der Waals surface area (Å²) in [6, 6.07) is 0. The van der Waals surface area contributed by atoms with Gasteiger partial charge in [-0.2, -0.15) is 0 Å². The minimum Gasteiger partial charge on any atom is -0.379 e. The van der Waals surface area contributed by atoms with Crippen LogP contribution in [0, 0.1) is 5.92 Å². The van der Waals surface area contributed by atoms with E-state index in [4.69, 9.17) is 4.74 Å². The number of hydrogen-bond acceptors (Lipinski definition) is 1. The van der Waals surface area contributed by atoms with Gasteiger partial charge in [-0.1, -0.05) is 26.7 Å². The quantitative estimate of drug-likeness (QED) is 0.597. The van der Waals surface area contributed by atoms with E-state index < -0.39 is 0 Å². The van der Waals surface area contributed by atoms with Gasteiger partial charge in [0.05, 0.1) is 5.60 Å². The van der Waals surface area contributed by atoms with Gasteiger partial charge >= 0.3 is 0 Å². The molecule has 0 spiro atoms.